The number of nitrogens with one attached hydrogen (secondary N) is 1. The van der Waals surface area contributed by atoms with Crippen LogP contribution in [0.15, 0.2) is 58.3 Å². The zero-order valence-corrected chi connectivity index (χ0v) is 25.7. The molecule has 8 nitrogen and oxygen atoms in total. The van der Waals surface area contributed by atoms with Crippen LogP contribution < -0.4 is 15.0 Å². The molecule has 0 saturated carbocycles. The number of fused-ring (bicyclic) bond motifs is 1. The Morgan fingerprint density at radius 2 is 1.76 bits per heavy atom. The van der Waals surface area contributed by atoms with E-state index in [0.29, 0.717) is 35.5 Å². The lowest BCUT2D eigenvalue weighted by Gasteiger charge is -2.37. The quantitative estimate of drug-likeness (QED) is 0.139. The van der Waals surface area contributed by atoms with Crippen LogP contribution in [0.3, 0.4) is 0 Å². The number of carboxylic acids is 1. The Kier molecular flexibility index (Phi) is 11.3. The average Bonchev–Trinajstić information content (AvgIpc) is 3.05. The minimum Gasteiger partial charge on any atom is -0.476 e. The summed E-state index contributed by atoms with van der Waals surface area (Å²) in [5.74, 6) is -3.37. The number of sulfone groups is 1. The van der Waals surface area contributed by atoms with E-state index in [0.717, 1.165) is 44.2 Å². The summed E-state index contributed by atoms with van der Waals surface area (Å²) in [5, 5.41) is 11.7. The van der Waals surface area contributed by atoms with Crippen LogP contribution in [-0.4, -0.2) is 44.0 Å². The summed E-state index contributed by atoms with van der Waals surface area (Å²) < 4.78 is 47.3. The van der Waals surface area contributed by atoms with Gasteiger partial charge in [-0.25, -0.2) is 13.2 Å². The second-order valence-electron chi connectivity index (χ2n) is 10.4. The molecular formula is C30H39FN2O6S2. The molecule has 1 aliphatic rings. The van der Waals surface area contributed by atoms with Gasteiger partial charge in [-0.3, -0.25) is 4.79 Å². The van der Waals surface area contributed by atoms with E-state index in [1.165, 1.54) is 17.8 Å². The van der Waals surface area contributed by atoms with Gasteiger partial charge in [0, 0.05) is 35.8 Å². The molecule has 0 unspecified atom stereocenters. The third-order valence-electron chi connectivity index (χ3n) is 7.26. The highest BCUT2D eigenvalue weighted by Gasteiger charge is 2.42. The van der Waals surface area contributed by atoms with Crippen LogP contribution >= 0.6 is 11.8 Å². The van der Waals surface area contributed by atoms with Crippen LogP contribution in [0, 0.1) is 5.41 Å². The number of anilines is 3. The molecule has 0 spiro atoms. The van der Waals surface area contributed by atoms with Crippen LogP contribution in [0.5, 0.6) is 5.75 Å². The smallest absolute Gasteiger partial charge is 0.368 e. The highest BCUT2D eigenvalue weighted by Crippen LogP contribution is 2.48. The summed E-state index contributed by atoms with van der Waals surface area (Å²) in [6.45, 7) is 6.43. The molecule has 2 N–H and O–H groups in total. The molecule has 41 heavy (non-hydrogen) atoms. The molecule has 2 aromatic carbocycles. The molecule has 0 aliphatic carbocycles. The molecule has 11 heteroatoms. The van der Waals surface area contributed by atoms with Gasteiger partial charge in [-0.2, -0.15) is 4.39 Å². The van der Waals surface area contributed by atoms with Crippen molar-refractivity contribution in [2.45, 2.75) is 75.5 Å². The predicted molar refractivity (Wildman–Crippen MR) is 162 cm³/mol. The van der Waals surface area contributed by atoms with Gasteiger partial charge in [0.15, 0.2) is 9.84 Å². The number of rotatable bonds is 13. The monoisotopic (exact) mass is 606 g/mol. The van der Waals surface area contributed by atoms with Crippen LogP contribution in [0.4, 0.5) is 21.5 Å². The minimum absolute atomic E-state index is 0.0488. The summed E-state index contributed by atoms with van der Waals surface area (Å²) in [6, 6.07) is 10.4. The number of nitrogens with zero attached hydrogens (tertiary/aromatic N) is 1. The van der Waals surface area contributed by atoms with Gasteiger partial charge in [-0.1, -0.05) is 46.5 Å². The summed E-state index contributed by atoms with van der Waals surface area (Å²) in [4.78, 5) is 25.5. The first-order chi connectivity index (χ1) is 19.5. The molecule has 3 rings (SSSR count). The van der Waals surface area contributed by atoms with Crippen molar-refractivity contribution in [1.29, 1.82) is 0 Å². The average molecular weight is 607 g/mol. The van der Waals surface area contributed by atoms with Crippen LogP contribution in [-0.2, 0) is 19.4 Å². The Labute approximate surface area is 246 Å². The number of hydrogen-bond donors (Lipinski definition) is 2. The number of hydrogen-bond acceptors (Lipinski definition) is 7. The molecule has 0 fully saturated rings. The van der Waals surface area contributed by atoms with Crippen molar-refractivity contribution in [3.05, 3.63) is 48.5 Å². The van der Waals surface area contributed by atoms with Crippen molar-refractivity contribution in [1.82, 2.24) is 0 Å². The van der Waals surface area contributed by atoms with Gasteiger partial charge in [-0.05, 0) is 49.4 Å². The number of carboxylic acid groups (broad SMARTS) is 1. The number of amides is 1. The number of unbranched alkanes of at least 4 members (excludes halogenated alkanes) is 2. The van der Waals surface area contributed by atoms with Crippen molar-refractivity contribution in [2.24, 2.45) is 5.41 Å². The zero-order valence-electron chi connectivity index (χ0n) is 24.0. The highest BCUT2D eigenvalue weighted by molar-refractivity contribution is 7.98. The Morgan fingerprint density at radius 1 is 1.12 bits per heavy atom. The fourth-order valence-corrected chi connectivity index (χ4v) is 7.74. The first kappa shape index (κ1) is 32.5. The fourth-order valence-electron chi connectivity index (χ4n) is 5.09. The number of aliphatic carboxylic acids is 1. The van der Waals surface area contributed by atoms with E-state index in [9.17, 15) is 22.4 Å². The van der Waals surface area contributed by atoms with Crippen LogP contribution in [0.1, 0.15) is 65.7 Å². The molecule has 0 aromatic heterocycles. The molecule has 2 aromatic rings. The highest BCUT2D eigenvalue weighted by atomic mass is 32.2. The molecule has 1 amide bonds. The molecular weight excluding hydrogens is 567 g/mol. The fraction of sp³-hybridized carbons (Fsp3) is 0.467. The van der Waals surface area contributed by atoms with E-state index in [1.54, 1.807) is 31.4 Å². The Bertz CT molecular complexity index is 1370. The largest absolute Gasteiger partial charge is 0.476 e. The number of benzene rings is 2. The normalized spacial score (nSPS) is 16.0. The van der Waals surface area contributed by atoms with E-state index in [4.69, 9.17) is 9.84 Å². The van der Waals surface area contributed by atoms with E-state index in [2.05, 4.69) is 19.2 Å². The summed E-state index contributed by atoms with van der Waals surface area (Å²) >= 11 is 1.28. The molecule has 0 saturated heterocycles. The lowest BCUT2D eigenvalue weighted by atomic mass is 9.79. The zero-order chi connectivity index (χ0) is 30.2. The van der Waals surface area contributed by atoms with E-state index in [-0.39, 0.29) is 22.3 Å². The minimum atomic E-state index is -3.84. The standard InChI is InChI=1S/C30H39FN2O6S2/c1-5-8-14-30(15-9-6-2)19-33(22-12-10-21(11-13-22)32-28(34)7-3)24-16-26(40-4)25(39-18-23(31)29(35)36)17-27(24)41(37,38)20-30/h10-13,16-18H,5-9,14-15,19-20H2,1-4H3,(H,32,34)(H,35,36)/b23-18-. The van der Waals surface area contributed by atoms with Gasteiger partial charge in [0.25, 0.3) is 0 Å². The maximum absolute atomic E-state index is 14.1. The van der Waals surface area contributed by atoms with Crippen molar-refractivity contribution >= 4 is 50.5 Å². The van der Waals surface area contributed by atoms with Crippen LogP contribution in [0.2, 0.25) is 0 Å². The summed E-state index contributed by atoms with van der Waals surface area (Å²) in [7, 11) is -3.84. The molecule has 1 heterocycles. The second kappa shape index (κ2) is 14.2. The van der Waals surface area contributed by atoms with Crippen molar-refractivity contribution in [3.63, 3.8) is 0 Å². The lowest BCUT2D eigenvalue weighted by molar-refractivity contribution is -0.134. The van der Waals surface area contributed by atoms with Gasteiger partial charge < -0.3 is 20.1 Å². The number of ether oxygens (including phenoxy) is 1. The molecule has 224 valence electrons. The number of thioether (sulfide) groups is 1. The van der Waals surface area contributed by atoms with Gasteiger partial charge in [0.2, 0.25) is 11.7 Å². The molecule has 0 atom stereocenters. The van der Waals surface area contributed by atoms with Crippen molar-refractivity contribution in [2.75, 3.05) is 28.8 Å². The van der Waals surface area contributed by atoms with Gasteiger partial charge >= 0.3 is 5.97 Å². The summed E-state index contributed by atoms with van der Waals surface area (Å²) in [6.07, 6.45) is 7.71. The summed E-state index contributed by atoms with van der Waals surface area (Å²) in [5.41, 5.74) is 1.37. The number of carbonyl (C=O) groups excluding carboxylic acids is 1. The predicted octanol–water partition coefficient (Wildman–Crippen LogP) is 7.32. The number of carbonyl (C=O) groups is 2. The van der Waals surface area contributed by atoms with E-state index in [1.807, 2.05) is 17.0 Å². The van der Waals surface area contributed by atoms with Crippen LogP contribution in [0.25, 0.3) is 0 Å². The molecule has 0 radical (unpaired) electrons. The van der Waals surface area contributed by atoms with Crippen molar-refractivity contribution in [3.8, 4) is 5.75 Å². The van der Waals surface area contributed by atoms with E-state index >= 15 is 0 Å². The van der Waals surface area contributed by atoms with Gasteiger partial charge in [0.1, 0.15) is 12.0 Å². The lowest BCUT2D eigenvalue weighted by Crippen LogP contribution is -2.38. The maximum atomic E-state index is 14.1. The number of halogens is 1. The Balaban J connectivity index is 2.23. The SMILES string of the molecule is CCCCC1(CCCC)CN(c2ccc(NC(=O)CC)cc2)c2cc(SC)c(O/C=C(\F)C(=O)O)cc2S(=O)(=O)C1. The second-order valence-corrected chi connectivity index (χ2v) is 13.2. The van der Waals surface area contributed by atoms with Gasteiger partial charge in [-0.15, -0.1) is 11.8 Å². The third kappa shape index (κ3) is 8.03. The third-order valence-corrected chi connectivity index (χ3v) is 10.0. The maximum Gasteiger partial charge on any atom is 0.368 e. The Hall–Kier alpha value is -3.05. The molecule has 1 aliphatic heterocycles. The first-order valence-corrected chi connectivity index (χ1v) is 16.7. The first-order valence-electron chi connectivity index (χ1n) is 13.9. The van der Waals surface area contributed by atoms with Crippen molar-refractivity contribution < 1.29 is 32.2 Å². The van der Waals surface area contributed by atoms with Gasteiger partial charge in [0.05, 0.1) is 21.2 Å². The molecule has 0 bridgehead atoms. The van der Waals surface area contributed by atoms with E-state index < -0.39 is 27.0 Å². The topological polar surface area (TPSA) is 113 Å². The Morgan fingerprint density at radius 3 is 2.29 bits per heavy atom.